The lowest BCUT2D eigenvalue weighted by Gasteiger charge is -2.31. The summed E-state index contributed by atoms with van der Waals surface area (Å²) in [5.41, 5.74) is 0.892. The first-order chi connectivity index (χ1) is 12.7. The van der Waals surface area contributed by atoms with Crippen LogP contribution in [0.4, 0.5) is 9.18 Å². The minimum absolute atomic E-state index is 0.137. The van der Waals surface area contributed by atoms with Crippen LogP contribution in [0.15, 0.2) is 41.8 Å². The van der Waals surface area contributed by atoms with E-state index in [-0.39, 0.29) is 11.8 Å². The number of piperidine rings is 1. The van der Waals surface area contributed by atoms with Gasteiger partial charge < -0.3 is 10.6 Å². The zero-order valence-corrected chi connectivity index (χ0v) is 15.7. The van der Waals surface area contributed by atoms with Gasteiger partial charge in [-0.05, 0) is 67.4 Å². The fourth-order valence-corrected chi connectivity index (χ4v) is 4.03. The topological polar surface area (TPSA) is 44.4 Å². The highest BCUT2D eigenvalue weighted by atomic mass is 32.1. The Hall–Kier alpha value is -1.92. The molecule has 0 aliphatic carbocycles. The Labute approximate surface area is 158 Å². The summed E-state index contributed by atoms with van der Waals surface area (Å²) < 4.78 is 13.1. The van der Waals surface area contributed by atoms with E-state index in [0.717, 1.165) is 44.6 Å². The summed E-state index contributed by atoms with van der Waals surface area (Å²) in [6.45, 7) is 4.45. The van der Waals surface area contributed by atoms with E-state index in [4.69, 9.17) is 0 Å². The molecule has 140 valence electrons. The third-order valence-electron chi connectivity index (χ3n) is 4.81. The second kappa shape index (κ2) is 9.69. The van der Waals surface area contributed by atoms with Crippen molar-refractivity contribution in [2.75, 3.05) is 26.2 Å². The number of carbonyl (C=O) groups excluding carboxylic acids is 1. The van der Waals surface area contributed by atoms with Gasteiger partial charge in [-0.3, -0.25) is 4.90 Å². The number of nitrogens with zero attached hydrogens (tertiary/aromatic N) is 1. The summed E-state index contributed by atoms with van der Waals surface area (Å²) in [5.74, 6) is 0.306. The molecule has 1 saturated heterocycles. The van der Waals surface area contributed by atoms with Gasteiger partial charge in [0.25, 0.3) is 0 Å². The lowest BCUT2D eigenvalue weighted by atomic mass is 9.97. The van der Waals surface area contributed by atoms with Gasteiger partial charge in [0.15, 0.2) is 0 Å². The fraction of sp³-hybridized carbons (Fsp3) is 0.450. The summed E-state index contributed by atoms with van der Waals surface area (Å²) in [4.78, 5) is 15.8. The van der Waals surface area contributed by atoms with Gasteiger partial charge >= 0.3 is 6.03 Å². The van der Waals surface area contributed by atoms with E-state index in [1.807, 2.05) is 17.4 Å². The van der Waals surface area contributed by atoms with Crippen LogP contribution in [0.2, 0.25) is 0 Å². The number of amides is 2. The molecule has 2 N–H and O–H groups in total. The SMILES string of the molecule is O=C(NCCc1cccc(F)c1)NCC1CCN(Cc2cccs2)CC1. The molecule has 1 aromatic carbocycles. The number of nitrogens with one attached hydrogen (secondary N) is 2. The highest BCUT2D eigenvalue weighted by molar-refractivity contribution is 7.09. The molecule has 1 aromatic heterocycles. The normalized spacial score (nSPS) is 15.7. The molecule has 0 unspecified atom stereocenters. The maximum atomic E-state index is 13.1. The van der Waals surface area contributed by atoms with Gasteiger partial charge in [0.05, 0.1) is 0 Å². The van der Waals surface area contributed by atoms with Crippen molar-refractivity contribution >= 4 is 17.4 Å². The van der Waals surface area contributed by atoms with Crippen LogP contribution in [0, 0.1) is 11.7 Å². The van der Waals surface area contributed by atoms with Gasteiger partial charge in [0, 0.05) is 24.5 Å². The average molecular weight is 376 g/mol. The van der Waals surface area contributed by atoms with Crippen LogP contribution in [-0.2, 0) is 13.0 Å². The van der Waals surface area contributed by atoms with Gasteiger partial charge in [0.2, 0.25) is 0 Å². The smallest absolute Gasteiger partial charge is 0.314 e. The summed E-state index contributed by atoms with van der Waals surface area (Å²) >= 11 is 1.81. The van der Waals surface area contributed by atoms with Crippen molar-refractivity contribution in [3.63, 3.8) is 0 Å². The lowest BCUT2D eigenvalue weighted by molar-refractivity contribution is 0.176. The standard InChI is InChI=1S/C20H26FN3OS/c21-18-4-1-3-16(13-18)6-9-22-20(25)23-14-17-7-10-24(11-8-17)15-19-5-2-12-26-19/h1-5,12-13,17H,6-11,14-15H2,(H2,22,23,25). The van der Waals surface area contributed by atoms with E-state index >= 15 is 0 Å². The molecule has 0 bridgehead atoms. The number of rotatable bonds is 7. The van der Waals surface area contributed by atoms with Gasteiger partial charge in [-0.2, -0.15) is 0 Å². The molecule has 0 spiro atoms. The molecular weight excluding hydrogens is 349 g/mol. The van der Waals surface area contributed by atoms with Crippen molar-refractivity contribution in [3.05, 3.63) is 58.0 Å². The quantitative estimate of drug-likeness (QED) is 0.776. The molecule has 1 aliphatic heterocycles. The molecule has 26 heavy (non-hydrogen) atoms. The van der Waals surface area contributed by atoms with Crippen LogP contribution in [0.25, 0.3) is 0 Å². The number of benzene rings is 1. The molecule has 2 heterocycles. The Morgan fingerprint density at radius 2 is 2.04 bits per heavy atom. The average Bonchev–Trinajstić information content (AvgIpc) is 3.14. The zero-order chi connectivity index (χ0) is 18.2. The number of thiophene rings is 1. The van der Waals surface area contributed by atoms with E-state index in [2.05, 4.69) is 33.0 Å². The van der Waals surface area contributed by atoms with E-state index in [9.17, 15) is 9.18 Å². The lowest BCUT2D eigenvalue weighted by Crippen LogP contribution is -2.42. The molecule has 1 aliphatic rings. The predicted molar refractivity (Wildman–Crippen MR) is 104 cm³/mol. The molecule has 6 heteroatoms. The molecule has 2 aromatic rings. The molecule has 2 amide bonds. The van der Waals surface area contributed by atoms with Crippen molar-refractivity contribution in [2.24, 2.45) is 5.92 Å². The van der Waals surface area contributed by atoms with Gasteiger partial charge in [-0.25, -0.2) is 9.18 Å². The van der Waals surface area contributed by atoms with Crippen LogP contribution in [0.5, 0.6) is 0 Å². The van der Waals surface area contributed by atoms with Crippen molar-refractivity contribution < 1.29 is 9.18 Å². The Morgan fingerprint density at radius 3 is 2.77 bits per heavy atom. The largest absolute Gasteiger partial charge is 0.338 e. The van der Waals surface area contributed by atoms with Crippen LogP contribution in [-0.4, -0.2) is 37.1 Å². The number of likely N-dealkylation sites (tertiary alicyclic amines) is 1. The van der Waals surface area contributed by atoms with Gasteiger partial charge in [-0.1, -0.05) is 18.2 Å². The van der Waals surface area contributed by atoms with Crippen LogP contribution in [0.3, 0.4) is 0 Å². The first-order valence-electron chi connectivity index (χ1n) is 9.20. The molecule has 0 radical (unpaired) electrons. The Balaban J connectivity index is 1.28. The maximum absolute atomic E-state index is 13.1. The monoisotopic (exact) mass is 375 g/mol. The maximum Gasteiger partial charge on any atom is 0.314 e. The van der Waals surface area contributed by atoms with E-state index in [1.54, 1.807) is 6.07 Å². The second-order valence-electron chi connectivity index (χ2n) is 6.82. The van der Waals surface area contributed by atoms with E-state index in [1.165, 1.54) is 17.0 Å². The zero-order valence-electron chi connectivity index (χ0n) is 14.9. The number of hydrogen-bond acceptors (Lipinski definition) is 3. The molecule has 0 saturated carbocycles. The number of carbonyl (C=O) groups is 1. The number of urea groups is 1. The van der Waals surface area contributed by atoms with Crippen molar-refractivity contribution in [3.8, 4) is 0 Å². The highest BCUT2D eigenvalue weighted by Crippen LogP contribution is 2.20. The molecule has 1 fully saturated rings. The van der Waals surface area contributed by atoms with Crippen LogP contribution >= 0.6 is 11.3 Å². The highest BCUT2D eigenvalue weighted by Gasteiger charge is 2.19. The van der Waals surface area contributed by atoms with Gasteiger partial charge in [0.1, 0.15) is 5.82 Å². The minimum atomic E-state index is -0.239. The second-order valence-corrected chi connectivity index (χ2v) is 7.85. The first kappa shape index (κ1) is 18.9. The number of halogens is 1. The summed E-state index contributed by atoms with van der Waals surface area (Å²) in [5, 5.41) is 7.94. The van der Waals surface area contributed by atoms with E-state index in [0.29, 0.717) is 18.9 Å². The Bertz CT molecular complexity index is 684. The van der Waals surface area contributed by atoms with Crippen molar-refractivity contribution in [1.29, 1.82) is 0 Å². The Kier molecular flexibility index (Phi) is 7.03. The predicted octanol–water partition coefficient (Wildman–Crippen LogP) is 3.64. The van der Waals surface area contributed by atoms with Crippen LogP contribution < -0.4 is 10.6 Å². The summed E-state index contributed by atoms with van der Waals surface area (Å²) in [6, 6.07) is 10.6. The molecule has 3 rings (SSSR count). The third kappa shape index (κ3) is 6.11. The Morgan fingerprint density at radius 1 is 1.19 bits per heavy atom. The first-order valence-corrected chi connectivity index (χ1v) is 10.1. The number of hydrogen-bond donors (Lipinski definition) is 2. The van der Waals surface area contributed by atoms with Crippen LogP contribution in [0.1, 0.15) is 23.3 Å². The summed E-state index contributed by atoms with van der Waals surface area (Å²) in [7, 11) is 0. The van der Waals surface area contributed by atoms with Crippen molar-refractivity contribution in [1.82, 2.24) is 15.5 Å². The van der Waals surface area contributed by atoms with Crippen molar-refractivity contribution in [2.45, 2.75) is 25.8 Å². The van der Waals surface area contributed by atoms with Gasteiger partial charge in [-0.15, -0.1) is 11.3 Å². The third-order valence-corrected chi connectivity index (χ3v) is 5.67. The molecular formula is C20H26FN3OS. The fourth-order valence-electron chi connectivity index (χ4n) is 3.28. The molecule has 4 nitrogen and oxygen atoms in total. The minimum Gasteiger partial charge on any atom is -0.338 e. The molecule has 0 atom stereocenters. The van der Waals surface area contributed by atoms with E-state index < -0.39 is 0 Å². The summed E-state index contributed by atoms with van der Waals surface area (Å²) in [6.07, 6.45) is 2.87.